The Hall–Kier alpha value is -0.420. The van der Waals surface area contributed by atoms with E-state index in [4.69, 9.17) is 0 Å². The van der Waals surface area contributed by atoms with Crippen LogP contribution in [0.3, 0.4) is 0 Å². The van der Waals surface area contributed by atoms with Crippen LogP contribution in [-0.2, 0) is 6.54 Å². The molecule has 0 aromatic heterocycles. The second-order valence-electron chi connectivity index (χ2n) is 3.96. The molecule has 0 saturated carbocycles. The zero-order chi connectivity index (χ0) is 10.8. The van der Waals surface area contributed by atoms with Gasteiger partial charge in [-0.2, -0.15) is 0 Å². The second kappa shape index (κ2) is 4.61. The van der Waals surface area contributed by atoms with E-state index in [-0.39, 0.29) is 0 Å². The molecule has 0 radical (unpaired) electrons. The maximum absolute atomic E-state index is 9.39. The molecule has 2 unspecified atom stereocenters. The maximum Gasteiger partial charge on any atom is 0.0938 e. The molecule has 1 fully saturated rings. The van der Waals surface area contributed by atoms with Crippen molar-refractivity contribution in [3.05, 3.63) is 34.3 Å². The van der Waals surface area contributed by atoms with Gasteiger partial charge in [-0.3, -0.25) is 4.90 Å². The first-order valence-corrected chi connectivity index (χ1v) is 5.77. The van der Waals surface area contributed by atoms with E-state index in [2.05, 4.69) is 20.8 Å². The van der Waals surface area contributed by atoms with Crippen LogP contribution in [0.4, 0.5) is 0 Å². The Morgan fingerprint density at radius 1 is 1.13 bits per heavy atom. The van der Waals surface area contributed by atoms with E-state index in [0.29, 0.717) is 13.1 Å². The van der Waals surface area contributed by atoms with E-state index in [9.17, 15) is 10.2 Å². The summed E-state index contributed by atoms with van der Waals surface area (Å²) in [4.78, 5) is 2.05. The third-order valence-electron chi connectivity index (χ3n) is 2.65. The molecule has 2 atom stereocenters. The van der Waals surface area contributed by atoms with Crippen molar-refractivity contribution in [2.24, 2.45) is 0 Å². The number of hydrogen-bond donors (Lipinski definition) is 2. The van der Waals surface area contributed by atoms with Gasteiger partial charge in [-0.15, -0.1) is 0 Å². The molecular formula is C11H14BrNO2. The first kappa shape index (κ1) is 11.1. The molecule has 1 aromatic rings. The van der Waals surface area contributed by atoms with Crippen molar-refractivity contribution in [3.8, 4) is 0 Å². The van der Waals surface area contributed by atoms with Crippen molar-refractivity contribution in [2.45, 2.75) is 18.8 Å². The topological polar surface area (TPSA) is 43.7 Å². The van der Waals surface area contributed by atoms with Crippen LogP contribution in [-0.4, -0.2) is 40.4 Å². The van der Waals surface area contributed by atoms with Gasteiger partial charge in [0.1, 0.15) is 0 Å². The summed E-state index contributed by atoms with van der Waals surface area (Å²) in [5.74, 6) is 0. The van der Waals surface area contributed by atoms with Crippen LogP contribution in [0, 0.1) is 0 Å². The minimum atomic E-state index is -0.597. The van der Waals surface area contributed by atoms with Gasteiger partial charge >= 0.3 is 0 Å². The van der Waals surface area contributed by atoms with Crippen molar-refractivity contribution in [3.63, 3.8) is 0 Å². The highest BCUT2D eigenvalue weighted by molar-refractivity contribution is 9.10. The highest BCUT2D eigenvalue weighted by atomic mass is 79.9. The minimum absolute atomic E-state index is 0.553. The van der Waals surface area contributed by atoms with Crippen LogP contribution in [0.15, 0.2) is 28.7 Å². The van der Waals surface area contributed by atoms with E-state index in [1.165, 1.54) is 5.56 Å². The van der Waals surface area contributed by atoms with Crippen LogP contribution in [0.5, 0.6) is 0 Å². The predicted octanol–water partition coefficient (Wildman–Crippen LogP) is 0.986. The molecule has 82 valence electrons. The highest BCUT2D eigenvalue weighted by Gasteiger charge is 2.29. The number of aliphatic hydroxyl groups excluding tert-OH is 2. The Labute approximate surface area is 97.5 Å². The predicted molar refractivity (Wildman–Crippen MR) is 61.4 cm³/mol. The van der Waals surface area contributed by atoms with Gasteiger partial charge in [-0.1, -0.05) is 28.1 Å². The van der Waals surface area contributed by atoms with E-state index in [0.717, 1.165) is 11.0 Å². The summed E-state index contributed by atoms with van der Waals surface area (Å²) in [5.41, 5.74) is 1.19. The fourth-order valence-corrected chi connectivity index (χ4v) is 2.09. The maximum atomic E-state index is 9.39. The van der Waals surface area contributed by atoms with Crippen molar-refractivity contribution >= 4 is 15.9 Å². The summed E-state index contributed by atoms with van der Waals surface area (Å²) < 4.78 is 1.06. The Kier molecular flexibility index (Phi) is 3.41. The van der Waals surface area contributed by atoms with E-state index in [1.807, 2.05) is 24.3 Å². The fourth-order valence-electron chi connectivity index (χ4n) is 1.82. The largest absolute Gasteiger partial charge is 0.389 e. The van der Waals surface area contributed by atoms with Crippen molar-refractivity contribution < 1.29 is 10.2 Å². The first-order chi connectivity index (χ1) is 7.15. The molecule has 2 rings (SSSR count). The lowest BCUT2D eigenvalue weighted by molar-refractivity contribution is 0.0572. The number of nitrogens with zero attached hydrogens (tertiary/aromatic N) is 1. The van der Waals surface area contributed by atoms with Crippen LogP contribution < -0.4 is 0 Å². The van der Waals surface area contributed by atoms with Crippen LogP contribution in [0.1, 0.15) is 5.56 Å². The molecule has 1 saturated heterocycles. The average molecular weight is 272 g/mol. The van der Waals surface area contributed by atoms with Gasteiger partial charge in [-0.05, 0) is 17.7 Å². The summed E-state index contributed by atoms with van der Waals surface area (Å²) in [6.07, 6.45) is -1.19. The smallest absolute Gasteiger partial charge is 0.0938 e. The van der Waals surface area contributed by atoms with Crippen LogP contribution in [0.2, 0.25) is 0 Å². The number of benzene rings is 1. The van der Waals surface area contributed by atoms with E-state index in [1.54, 1.807) is 0 Å². The Morgan fingerprint density at radius 3 is 2.20 bits per heavy atom. The number of β-amino-alcohol motifs (C(OH)–C–C–N with tert-alkyl or cyclic N) is 2. The summed E-state index contributed by atoms with van der Waals surface area (Å²) in [6.45, 7) is 1.88. The summed E-state index contributed by atoms with van der Waals surface area (Å²) in [5, 5.41) is 18.8. The summed E-state index contributed by atoms with van der Waals surface area (Å²) in [7, 11) is 0. The molecule has 0 spiro atoms. The van der Waals surface area contributed by atoms with E-state index >= 15 is 0 Å². The van der Waals surface area contributed by atoms with Gasteiger partial charge in [-0.25, -0.2) is 0 Å². The standard InChI is InChI=1S/C11H14BrNO2/c12-9-3-1-8(2-4-9)5-13-6-10(14)11(15)7-13/h1-4,10-11,14-15H,5-7H2. The first-order valence-electron chi connectivity index (χ1n) is 4.98. The molecule has 2 N–H and O–H groups in total. The molecule has 0 aliphatic carbocycles. The van der Waals surface area contributed by atoms with Crippen LogP contribution >= 0.6 is 15.9 Å². The second-order valence-corrected chi connectivity index (χ2v) is 4.87. The zero-order valence-electron chi connectivity index (χ0n) is 8.31. The molecule has 4 heteroatoms. The molecule has 0 bridgehead atoms. The van der Waals surface area contributed by atoms with E-state index < -0.39 is 12.2 Å². The lowest BCUT2D eigenvalue weighted by atomic mass is 10.2. The normalized spacial score (nSPS) is 27.1. The minimum Gasteiger partial charge on any atom is -0.389 e. The fraction of sp³-hybridized carbons (Fsp3) is 0.455. The highest BCUT2D eigenvalue weighted by Crippen LogP contribution is 2.16. The van der Waals surface area contributed by atoms with Gasteiger partial charge in [0.15, 0.2) is 0 Å². The summed E-state index contributed by atoms with van der Waals surface area (Å²) in [6, 6.07) is 8.08. The van der Waals surface area contributed by atoms with Gasteiger partial charge in [0.2, 0.25) is 0 Å². The quantitative estimate of drug-likeness (QED) is 0.843. The third-order valence-corrected chi connectivity index (χ3v) is 3.18. The molecule has 1 heterocycles. The molecule has 15 heavy (non-hydrogen) atoms. The molecule has 0 amide bonds. The molecule has 1 aromatic carbocycles. The number of aliphatic hydroxyl groups is 2. The number of halogens is 1. The Bertz CT molecular complexity index is 318. The number of likely N-dealkylation sites (tertiary alicyclic amines) is 1. The SMILES string of the molecule is OC1CN(Cc2ccc(Br)cc2)CC1O. The molecular weight excluding hydrogens is 258 g/mol. The molecule has 1 aliphatic rings. The average Bonchev–Trinajstić information content (AvgIpc) is 2.50. The molecule has 3 nitrogen and oxygen atoms in total. The zero-order valence-corrected chi connectivity index (χ0v) is 9.89. The van der Waals surface area contributed by atoms with Gasteiger partial charge < -0.3 is 10.2 Å². The van der Waals surface area contributed by atoms with Crippen molar-refractivity contribution in [2.75, 3.05) is 13.1 Å². The van der Waals surface area contributed by atoms with Crippen LogP contribution in [0.25, 0.3) is 0 Å². The third kappa shape index (κ3) is 2.78. The lowest BCUT2D eigenvalue weighted by Crippen LogP contribution is -2.22. The Morgan fingerprint density at radius 2 is 1.67 bits per heavy atom. The Balaban J connectivity index is 1.95. The number of hydrogen-bond acceptors (Lipinski definition) is 3. The summed E-state index contributed by atoms with van der Waals surface area (Å²) >= 11 is 3.38. The van der Waals surface area contributed by atoms with Gasteiger partial charge in [0, 0.05) is 24.1 Å². The van der Waals surface area contributed by atoms with Crippen molar-refractivity contribution in [1.29, 1.82) is 0 Å². The monoisotopic (exact) mass is 271 g/mol. The van der Waals surface area contributed by atoms with Gasteiger partial charge in [0.05, 0.1) is 12.2 Å². The molecule has 1 aliphatic heterocycles. The lowest BCUT2D eigenvalue weighted by Gasteiger charge is -2.14. The van der Waals surface area contributed by atoms with Gasteiger partial charge in [0.25, 0.3) is 0 Å². The number of rotatable bonds is 2. The van der Waals surface area contributed by atoms with Crippen molar-refractivity contribution in [1.82, 2.24) is 4.90 Å².